The molecular formula is C27H25F5N6O2. The SMILES string of the molecule is CC(C)C(Nc1cncc(-c2c[nH]c3ncc(NC(=O)Nc4ccc(F)cc4F)cc23)c1)C(=O)CCC(F)(F)F. The molecule has 3 aromatic heterocycles. The van der Waals surface area contributed by atoms with E-state index in [0.717, 1.165) is 12.1 Å². The van der Waals surface area contributed by atoms with E-state index in [9.17, 15) is 31.5 Å². The maximum absolute atomic E-state index is 13.9. The highest BCUT2D eigenvalue weighted by molar-refractivity contribution is 6.02. The fraction of sp³-hybridized carbons (Fsp3) is 0.259. The number of carbonyl (C=O) groups excluding carboxylic acids is 2. The first kappa shape index (κ1) is 28.5. The summed E-state index contributed by atoms with van der Waals surface area (Å²) in [5.74, 6) is -2.53. The van der Waals surface area contributed by atoms with Crippen LogP contribution in [-0.4, -0.2) is 39.0 Å². The van der Waals surface area contributed by atoms with Crippen LogP contribution in [0.1, 0.15) is 26.7 Å². The van der Waals surface area contributed by atoms with Gasteiger partial charge in [-0.25, -0.2) is 18.6 Å². The minimum absolute atomic E-state index is 0.206. The van der Waals surface area contributed by atoms with Crippen LogP contribution in [0.4, 0.5) is 43.8 Å². The highest BCUT2D eigenvalue weighted by atomic mass is 19.4. The molecule has 210 valence electrons. The predicted octanol–water partition coefficient (Wildman–Crippen LogP) is 6.90. The number of alkyl halides is 3. The number of aromatic nitrogens is 3. The molecule has 0 aliphatic rings. The van der Waals surface area contributed by atoms with Crippen molar-refractivity contribution in [2.45, 2.75) is 38.9 Å². The third-order valence-corrected chi connectivity index (χ3v) is 6.01. The average Bonchev–Trinajstić information content (AvgIpc) is 3.30. The minimum atomic E-state index is -4.42. The summed E-state index contributed by atoms with van der Waals surface area (Å²) in [4.78, 5) is 36.4. The number of halogens is 5. The topological polar surface area (TPSA) is 112 Å². The number of H-pyrrole nitrogens is 1. The zero-order valence-electron chi connectivity index (χ0n) is 21.4. The number of nitrogens with zero attached hydrogens (tertiary/aromatic N) is 2. The molecule has 0 bridgehead atoms. The van der Waals surface area contributed by atoms with Crippen molar-refractivity contribution >= 4 is 39.9 Å². The standard InChI is InChI=1S/C27H25F5N6O2/c1-14(2)24(23(39)5-6-27(30,31)32)36-17-7-15(10-33-11-17)20-13-35-25-19(20)9-18(12-34-25)37-26(40)38-22-4-3-16(28)8-21(22)29/h3-4,7-14,24,36H,5-6H2,1-2H3,(H,34,35)(H2,37,38,40). The number of Topliss-reactive ketones (excluding diaryl/α,β-unsaturated/α-hetero) is 1. The predicted molar refractivity (Wildman–Crippen MR) is 141 cm³/mol. The first-order chi connectivity index (χ1) is 18.9. The van der Waals surface area contributed by atoms with Gasteiger partial charge in [-0.2, -0.15) is 13.2 Å². The molecule has 4 rings (SSSR count). The van der Waals surface area contributed by atoms with Gasteiger partial charge in [-0.1, -0.05) is 13.8 Å². The van der Waals surface area contributed by atoms with Gasteiger partial charge >= 0.3 is 12.2 Å². The molecule has 0 spiro atoms. The summed E-state index contributed by atoms with van der Waals surface area (Å²) < 4.78 is 64.9. The molecule has 0 fully saturated rings. The number of hydrogen-bond acceptors (Lipinski definition) is 5. The molecule has 4 aromatic rings. The van der Waals surface area contributed by atoms with E-state index in [-0.39, 0.29) is 17.3 Å². The molecule has 1 atom stereocenters. The van der Waals surface area contributed by atoms with Gasteiger partial charge in [0.05, 0.1) is 35.7 Å². The average molecular weight is 561 g/mol. The van der Waals surface area contributed by atoms with Crippen molar-refractivity contribution < 1.29 is 31.5 Å². The normalized spacial score (nSPS) is 12.4. The van der Waals surface area contributed by atoms with Crippen molar-refractivity contribution in [2.24, 2.45) is 5.92 Å². The summed E-state index contributed by atoms with van der Waals surface area (Å²) >= 11 is 0. The number of aromatic amines is 1. The second-order valence-corrected chi connectivity index (χ2v) is 9.44. The molecule has 4 N–H and O–H groups in total. The van der Waals surface area contributed by atoms with Gasteiger partial charge in [0.1, 0.15) is 17.3 Å². The zero-order valence-corrected chi connectivity index (χ0v) is 21.4. The quantitative estimate of drug-likeness (QED) is 0.167. The molecule has 1 aromatic carbocycles. The molecule has 8 nitrogen and oxygen atoms in total. The monoisotopic (exact) mass is 560 g/mol. The summed E-state index contributed by atoms with van der Waals surface area (Å²) in [5.41, 5.74) is 2.27. The van der Waals surface area contributed by atoms with Crippen LogP contribution in [0.15, 0.2) is 55.1 Å². The fourth-order valence-electron chi connectivity index (χ4n) is 4.07. The Bertz CT molecular complexity index is 1540. The number of urea groups is 1. The van der Waals surface area contributed by atoms with Crippen molar-refractivity contribution in [3.63, 3.8) is 0 Å². The van der Waals surface area contributed by atoms with Gasteiger partial charge in [0, 0.05) is 47.6 Å². The van der Waals surface area contributed by atoms with Crippen molar-refractivity contribution in [3.8, 4) is 11.1 Å². The molecule has 1 unspecified atom stereocenters. The van der Waals surface area contributed by atoms with Gasteiger partial charge in [-0.3, -0.25) is 9.78 Å². The molecule has 0 aliphatic heterocycles. The Kier molecular flexibility index (Phi) is 8.31. The van der Waals surface area contributed by atoms with E-state index < -0.39 is 48.5 Å². The molecule has 3 heterocycles. The Morgan fingerprint density at radius 2 is 1.77 bits per heavy atom. The van der Waals surface area contributed by atoms with Crippen LogP contribution in [-0.2, 0) is 4.79 Å². The highest BCUT2D eigenvalue weighted by Crippen LogP contribution is 2.31. The largest absolute Gasteiger partial charge is 0.389 e. The first-order valence-corrected chi connectivity index (χ1v) is 12.2. The van der Waals surface area contributed by atoms with Crippen LogP contribution in [0, 0.1) is 17.6 Å². The van der Waals surface area contributed by atoms with Gasteiger partial charge < -0.3 is 20.9 Å². The molecule has 0 saturated heterocycles. The second-order valence-electron chi connectivity index (χ2n) is 9.44. The van der Waals surface area contributed by atoms with Gasteiger partial charge in [0.15, 0.2) is 5.78 Å². The number of amides is 2. The molecular weight excluding hydrogens is 535 g/mol. The van der Waals surface area contributed by atoms with E-state index in [1.807, 2.05) is 0 Å². The number of hydrogen-bond donors (Lipinski definition) is 4. The van der Waals surface area contributed by atoms with E-state index in [2.05, 4.69) is 30.9 Å². The number of anilines is 3. The van der Waals surface area contributed by atoms with E-state index in [1.165, 1.54) is 12.4 Å². The lowest BCUT2D eigenvalue weighted by Gasteiger charge is -2.22. The van der Waals surface area contributed by atoms with E-state index in [0.29, 0.717) is 33.9 Å². The van der Waals surface area contributed by atoms with Crippen molar-refractivity contribution in [1.82, 2.24) is 15.0 Å². The Hall–Kier alpha value is -4.55. The lowest BCUT2D eigenvalue weighted by Crippen LogP contribution is -2.35. The minimum Gasteiger partial charge on any atom is -0.374 e. The number of ketones is 1. The Labute approximate surface area is 225 Å². The van der Waals surface area contributed by atoms with Crippen molar-refractivity contribution in [3.05, 3.63) is 66.8 Å². The number of benzene rings is 1. The van der Waals surface area contributed by atoms with Crippen LogP contribution < -0.4 is 16.0 Å². The van der Waals surface area contributed by atoms with Crippen LogP contribution >= 0.6 is 0 Å². The summed E-state index contributed by atoms with van der Waals surface area (Å²) in [5, 5.41) is 8.46. The van der Waals surface area contributed by atoms with Crippen LogP contribution in [0.25, 0.3) is 22.2 Å². The van der Waals surface area contributed by atoms with E-state index in [4.69, 9.17) is 0 Å². The highest BCUT2D eigenvalue weighted by Gasteiger charge is 2.31. The number of pyridine rings is 2. The van der Waals surface area contributed by atoms with Crippen LogP contribution in [0.3, 0.4) is 0 Å². The van der Waals surface area contributed by atoms with Gasteiger partial charge in [0.2, 0.25) is 0 Å². The summed E-state index contributed by atoms with van der Waals surface area (Å²) in [6.45, 7) is 3.47. The smallest absolute Gasteiger partial charge is 0.374 e. The van der Waals surface area contributed by atoms with E-state index in [1.54, 1.807) is 38.4 Å². The number of fused-ring (bicyclic) bond motifs is 1. The zero-order chi connectivity index (χ0) is 29.0. The molecule has 40 heavy (non-hydrogen) atoms. The molecule has 2 amide bonds. The maximum Gasteiger partial charge on any atom is 0.389 e. The number of nitrogens with one attached hydrogen (secondary N) is 4. The molecule has 0 saturated carbocycles. The summed E-state index contributed by atoms with van der Waals surface area (Å²) in [6.07, 6.45) is -0.150. The lowest BCUT2D eigenvalue weighted by molar-refractivity contribution is -0.143. The second kappa shape index (κ2) is 11.7. The Morgan fingerprint density at radius 3 is 2.48 bits per heavy atom. The Balaban J connectivity index is 1.52. The van der Waals surface area contributed by atoms with E-state index >= 15 is 0 Å². The third-order valence-electron chi connectivity index (χ3n) is 6.01. The van der Waals surface area contributed by atoms with Crippen LogP contribution in [0.2, 0.25) is 0 Å². The lowest BCUT2D eigenvalue weighted by atomic mass is 9.96. The first-order valence-electron chi connectivity index (χ1n) is 12.2. The van der Waals surface area contributed by atoms with Crippen molar-refractivity contribution in [1.29, 1.82) is 0 Å². The van der Waals surface area contributed by atoms with Gasteiger partial charge in [-0.15, -0.1) is 0 Å². The number of rotatable bonds is 9. The van der Waals surface area contributed by atoms with Crippen LogP contribution in [0.5, 0.6) is 0 Å². The van der Waals surface area contributed by atoms with Gasteiger partial charge in [0.25, 0.3) is 0 Å². The summed E-state index contributed by atoms with van der Waals surface area (Å²) in [7, 11) is 0. The molecule has 0 radical (unpaired) electrons. The molecule has 0 aliphatic carbocycles. The van der Waals surface area contributed by atoms with Gasteiger partial charge in [-0.05, 0) is 30.2 Å². The van der Waals surface area contributed by atoms with Crippen molar-refractivity contribution in [2.75, 3.05) is 16.0 Å². The third kappa shape index (κ3) is 7.10. The Morgan fingerprint density at radius 1 is 1.00 bits per heavy atom. The maximum atomic E-state index is 13.9. The molecule has 13 heteroatoms. The fourth-order valence-corrected chi connectivity index (χ4v) is 4.07. The summed E-state index contributed by atoms with van der Waals surface area (Å²) in [6, 6.07) is 4.47. The number of carbonyl (C=O) groups is 2.